The fourth-order valence-corrected chi connectivity index (χ4v) is 1.99. The van der Waals surface area contributed by atoms with Crippen molar-refractivity contribution in [3.63, 3.8) is 0 Å². The van der Waals surface area contributed by atoms with Gasteiger partial charge in [-0.2, -0.15) is 0 Å². The lowest BCUT2D eigenvalue weighted by Crippen LogP contribution is -2.15. The lowest BCUT2D eigenvalue weighted by atomic mass is 10.5. The zero-order valence-electron chi connectivity index (χ0n) is 10.2. The van der Waals surface area contributed by atoms with Gasteiger partial charge in [0.2, 0.25) is 16.9 Å². The van der Waals surface area contributed by atoms with Crippen LogP contribution in [0.4, 0.5) is 5.88 Å². The minimum atomic E-state index is -0.219. The summed E-state index contributed by atoms with van der Waals surface area (Å²) >= 11 is 1.22. The molecule has 102 valence electrons. The molecule has 2 rings (SSSR count). The predicted molar refractivity (Wildman–Crippen MR) is 67.5 cm³/mol. The van der Waals surface area contributed by atoms with E-state index in [9.17, 15) is 4.79 Å². The van der Waals surface area contributed by atoms with Crippen molar-refractivity contribution in [1.29, 1.82) is 0 Å². The zero-order chi connectivity index (χ0) is 13.7. The Balaban J connectivity index is 1.84. The number of carbonyl (C=O) groups is 1. The number of nitrogens with two attached hydrogens (primary N) is 1. The first kappa shape index (κ1) is 13.5. The highest BCUT2D eigenvalue weighted by atomic mass is 32.2. The highest BCUT2D eigenvalue weighted by Gasteiger charge is 2.11. The molecule has 0 saturated heterocycles. The first-order chi connectivity index (χ1) is 9.19. The number of nitrogens with one attached hydrogen (secondary N) is 1. The van der Waals surface area contributed by atoms with Crippen molar-refractivity contribution >= 4 is 23.6 Å². The maximum Gasteiger partial charge on any atom is 0.237 e. The summed E-state index contributed by atoms with van der Waals surface area (Å²) in [5.74, 6) is 0.276. The number of anilines is 1. The van der Waals surface area contributed by atoms with Gasteiger partial charge in [0, 0.05) is 12.6 Å². The largest absolute Gasteiger partial charge is 0.338 e. The van der Waals surface area contributed by atoms with Crippen LogP contribution in [0.5, 0.6) is 0 Å². The van der Waals surface area contributed by atoms with Crippen LogP contribution in [0.1, 0.15) is 5.69 Å². The van der Waals surface area contributed by atoms with Crippen molar-refractivity contribution in [2.24, 2.45) is 5.73 Å². The molecule has 1 amide bonds. The third-order valence-corrected chi connectivity index (χ3v) is 3.02. The lowest BCUT2D eigenvalue weighted by Gasteiger charge is -2.02. The molecule has 0 aliphatic carbocycles. The van der Waals surface area contributed by atoms with Gasteiger partial charge in [0.1, 0.15) is 0 Å². The number of tetrazole rings is 1. The number of thioether (sulfide) groups is 1. The Labute approximate surface area is 112 Å². The number of hydrogen-bond acceptors (Lipinski definition) is 8. The van der Waals surface area contributed by atoms with Gasteiger partial charge in [-0.25, -0.2) is 4.68 Å². The Kier molecular flexibility index (Phi) is 4.47. The van der Waals surface area contributed by atoms with Crippen LogP contribution in [0, 0.1) is 6.92 Å². The van der Waals surface area contributed by atoms with Crippen molar-refractivity contribution < 1.29 is 9.32 Å². The molecule has 2 aromatic rings. The molecule has 19 heavy (non-hydrogen) atoms. The molecule has 0 unspecified atom stereocenters. The van der Waals surface area contributed by atoms with Crippen LogP contribution in [-0.4, -0.2) is 43.6 Å². The van der Waals surface area contributed by atoms with E-state index in [0.29, 0.717) is 29.8 Å². The van der Waals surface area contributed by atoms with Crippen molar-refractivity contribution in [3.8, 4) is 0 Å². The van der Waals surface area contributed by atoms with E-state index in [1.54, 1.807) is 17.7 Å². The second-order valence-corrected chi connectivity index (χ2v) is 4.59. The number of hydrogen-bond donors (Lipinski definition) is 2. The predicted octanol–water partition coefficient (Wildman–Crippen LogP) is -0.341. The second kappa shape index (κ2) is 6.29. The van der Waals surface area contributed by atoms with Crippen molar-refractivity contribution in [1.82, 2.24) is 25.4 Å². The summed E-state index contributed by atoms with van der Waals surface area (Å²) in [5, 5.41) is 17.9. The number of rotatable bonds is 6. The molecule has 0 spiro atoms. The van der Waals surface area contributed by atoms with E-state index in [1.165, 1.54) is 11.8 Å². The molecule has 2 aromatic heterocycles. The summed E-state index contributed by atoms with van der Waals surface area (Å²) in [6, 6.07) is 1.64. The van der Waals surface area contributed by atoms with Crippen LogP contribution < -0.4 is 11.1 Å². The van der Waals surface area contributed by atoms with Crippen LogP contribution in [0.3, 0.4) is 0 Å². The van der Waals surface area contributed by atoms with Gasteiger partial charge in [-0.3, -0.25) is 10.1 Å². The smallest absolute Gasteiger partial charge is 0.237 e. The average molecular weight is 283 g/mol. The summed E-state index contributed by atoms with van der Waals surface area (Å²) in [5.41, 5.74) is 6.13. The molecular weight excluding hydrogens is 270 g/mol. The topological polar surface area (TPSA) is 125 Å². The van der Waals surface area contributed by atoms with Gasteiger partial charge in [-0.15, -0.1) is 5.10 Å². The summed E-state index contributed by atoms with van der Waals surface area (Å²) in [7, 11) is 0. The minimum absolute atomic E-state index is 0.171. The summed E-state index contributed by atoms with van der Waals surface area (Å²) < 4.78 is 6.43. The maximum absolute atomic E-state index is 11.7. The van der Waals surface area contributed by atoms with Gasteiger partial charge in [0.15, 0.2) is 0 Å². The van der Waals surface area contributed by atoms with Crippen LogP contribution in [0.25, 0.3) is 0 Å². The van der Waals surface area contributed by atoms with Crippen molar-refractivity contribution in [2.75, 3.05) is 17.6 Å². The fraction of sp³-hybridized carbons (Fsp3) is 0.444. The van der Waals surface area contributed by atoms with Gasteiger partial charge in [0.25, 0.3) is 0 Å². The quantitative estimate of drug-likeness (QED) is 0.690. The van der Waals surface area contributed by atoms with Gasteiger partial charge in [-0.05, 0) is 17.4 Å². The van der Waals surface area contributed by atoms with Gasteiger partial charge in [0.05, 0.1) is 18.0 Å². The monoisotopic (exact) mass is 283 g/mol. The van der Waals surface area contributed by atoms with E-state index >= 15 is 0 Å². The molecule has 0 aliphatic rings. The van der Waals surface area contributed by atoms with Crippen LogP contribution in [-0.2, 0) is 11.3 Å². The molecule has 9 nitrogen and oxygen atoms in total. The first-order valence-electron chi connectivity index (χ1n) is 5.51. The Hall–Kier alpha value is -1.94. The number of nitrogens with zero attached hydrogens (tertiary/aromatic N) is 5. The van der Waals surface area contributed by atoms with Crippen LogP contribution in [0.15, 0.2) is 15.7 Å². The fourth-order valence-electron chi connectivity index (χ4n) is 1.29. The van der Waals surface area contributed by atoms with Gasteiger partial charge < -0.3 is 10.3 Å². The lowest BCUT2D eigenvalue weighted by molar-refractivity contribution is -0.113. The Bertz CT molecular complexity index is 552. The summed E-state index contributed by atoms with van der Waals surface area (Å²) in [4.78, 5) is 11.7. The van der Waals surface area contributed by atoms with E-state index in [1.807, 2.05) is 0 Å². The normalized spacial score (nSPS) is 10.6. The SMILES string of the molecule is Cc1cc(NC(=O)CSc2nnnn2CCN)on1. The van der Waals surface area contributed by atoms with Gasteiger partial charge >= 0.3 is 0 Å². The maximum atomic E-state index is 11.7. The standard InChI is InChI=1S/C9H13N7O2S/c1-6-4-8(18-13-6)11-7(17)5-19-9-12-14-15-16(9)3-2-10/h4H,2-3,5,10H2,1H3,(H,11,17). The van der Waals surface area contributed by atoms with Crippen molar-refractivity contribution in [3.05, 3.63) is 11.8 Å². The van der Waals surface area contributed by atoms with Gasteiger partial charge in [-0.1, -0.05) is 16.9 Å². The molecule has 0 fully saturated rings. The Morgan fingerprint density at radius 1 is 1.63 bits per heavy atom. The minimum Gasteiger partial charge on any atom is -0.338 e. The van der Waals surface area contributed by atoms with Crippen LogP contribution in [0.2, 0.25) is 0 Å². The number of amides is 1. The molecule has 2 heterocycles. The highest BCUT2D eigenvalue weighted by molar-refractivity contribution is 7.99. The Morgan fingerprint density at radius 3 is 3.16 bits per heavy atom. The van der Waals surface area contributed by atoms with E-state index < -0.39 is 0 Å². The molecule has 0 aromatic carbocycles. The van der Waals surface area contributed by atoms with Crippen LogP contribution >= 0.6 is 11.8 Å². The molecule has 0 saturated carbocycles. The van der Waals surface area contributed by atoms with Crippen molar-refractivity contribution in [2.45, 2.75) is 18.6 Å². The molecule has 0 atom stereocenters. The van der Waals surface area contributed by atoms with E-state index in [2.05, 4.69) is 26.0 Å². The summed E-state index contributed by atoms with van der Waals surface area (Å²) in [6.07, 6.45) is 0. The molecule has 3 N–H and O–H groups in total. The van der Waals surface area contributed by atoms with E-state index in [4.69, 9.17) is 10.3 Å². The second-order valence-electron chi connectivity index (χ2n) is 3.64. The zero-order valence-corrected chi connectivity index (χ0v) is 11.1. The number of aryl methyl sites for hydroxylation is 1. The molecule has 0 radical (unpaired) electrons. The van der Waals surface area contributed by atoms with E-state index in [0.717, 1.165) is 0 Å². The first-order valence-corrected chi connectivity index (χ1v) is 6.50. The van der Waals surface area contributed by atoms with E-state index in [-0.39, 0.29) is 11.7 Å². The third kappa shape index (κ3) is 3.76. The molecular formula is C9H13N7O2S. The summed E-state index contributed by atoms with van der Waals surface area (Å²) in [6.45, 7) is 2.72. The Morgan fingerprint density at radius 2 is 2.47 bits per heavy atom. The third-order valence-electron chi connectivity index (χ3n) is 2.06. The number of carbonyl (C=O) groups excluding carboxylic acids is 1. The molecule has 0 aliphatic heterocycles. The number of aromatic nitrogens is 5. The molecule has 10 heteroatoms. The average Bonchev–Trinajstić information content (AvgIpc) is 2.97. The highest BCUT2D eigenvalue weighted by Crippen LogP contribution is 2.14. The molecule has 0 bridgehead atoms.